The van der Waals surface area contributed by atoms with Gasteiger partial charge in [0.15, 0.2) is 0 Å². The molecule has 0 unspecified atom stereocenters. The van der Waals surface area contributed by atoms with Crippen molar-refractivity contribution in [2.24, 2.45) is 7.05 Å². The SMILES string of the molecule is COC(=O)c1cc(S(=O)(=O)N2CC=C(c3ccccc3)CC2)c(C)n1C. The van der Waals surface area contributed by atoms with Crippen molar-refractivity contribution < 1.29 is 17.9 Å². The molecule has 2 heterocycles. The first-order valence-electron chi connectivity index (χ1n) is 8.35. The number of nitrogens with zero attached hydrogens (tertiary/aromatic N) is 2. The van der Waals surface area contributed by atoms with Gasteiger partial charge in [0.1, 0.15) is 10.6 Å². The van der Waals surface area contributed by atoms with Crippen molar-refractivity contribution in [3.05, 3.63) is 59.4 Å². The molecule has 0 radical (unpaired) electrons. The fourth-order valence-corrected chi connectivity index (χ4v) is 4.81. The summed E-state index contributed by atoms with van der Waals surface area (Å²) in [5.74, 6) is -0.554. The second-order valence-corrected chi connectivity index (χ2v) is 8.14. The maximum atomic E-state index is 13.1. The van der Waals surface area contributed by atoms with E-state index in [9.17, 15) is 13.2 Å². The summed E-state index contributed by atoms with van der Waals surface area (Å²) in [7, 11) is -0.747. The van der Waals surface area contributed by atoms with Gasteiger partial charge in [0.25, 0.3) is 0 Å². The van der Waals surface area contributed by atoms with Gasteiger partial charge in [-0.25, -0.2) is 13.2 Å². The number of methoxy groups -OCH3 is 1. The largest absolute Gasteiger partial charge is 0.464 e. The zero-order chi connectivity index (χ0) is 18.9. The predicted octanol–water partition coefficient (Wildman–Crippen LogP) is 2.60. The molecule has 3 rings (SSSR count). The highest BCUT2D eigenvalue weighted by Crippen LogP contribution is 2.28. The van der Waals surface area contributed by atoms with E-state index in [1.807, 2.05) is 36.4 Å². The van der Waals surface area contributed by atoms with Crippen LogP contribution in [0.3, 0.4) is 0 Å². The minimum Gasteiger partial charge on any atom is -0.464 e. The number of hydrogen-bond donors (Lipinski definition) is 0. The molecule has 0 fully saturated rings. The van der Waals surface area contributed by atoms with Crippen molar-refractivity contribution >= 4 is 21.6 Å². The van der Waals surface area contributed by atoms with Gasteiger partial charge in [0.05, 0.1) is 7.11 Å². The second-order valence-electron chi connectivity index (χ2n) is 6.24. The number of benzene rings is 1. The summed E-state index contributed by atoms with van der Waals surface area (Å²) >= 11 is 0. The Morgan fingerprint density at radius 1 is 1.19 bits per heavy atom. The van der Waals surface area contributed by atoms with Crippen molar-refractivity contribution in [1.29, 1.82) is 0 Å². The molecule has 2 aromatic rings. The quantitative estimate of drug-likeness (QED) is 0.772. The number of rotatable bonds is 4. The molecule has 0 aliphatic carbocycles. The lowest BCUT2D eigenvalue weighted by Gasteiger charge is -2.26. The summed E-state index contributed by atoms with van der Waals surface area (Å²) in [6.45, 7) is 2.41. The maximum Gasteiger partial charge on any atom is 0.354 e. The van der Waals surface area contributed by atoms with E-state index in [1.165, 1.54) is 17.5 Å². The maximum absolute atomic E-state index is 13.1. The highest BCUT2D eigenvalue weighted by molar-refractivity contribution is 7.89. The van der Waals surface area contributed by atoms with Crippen LogP contribution in [0, 0.1) is 6.92 Å². The molecular weight excluding hydrogens is 352 g/mol. The molecule has 138 valence electrons. The average molecular weight is 374 g/mol. The van der Waals surface area contributed by atoms with Crippen LogP contribution < -0.4 is 0 Å². The van der Waals surface area contributed by atoms with Crippen molar-refractivity contribution in [3.63, 3.8) is 0 Å². The summed E-state index contributed by atoms with van der Waals surface area (Å²) in [6, 6.07) is 11.4. The van der Waals surface area contributed by atoms with E-state index in [2.05, 4.69) is 0 Å². The fraction of sp³-hybridized carbons (Fsp3) is 0.316. The number of carbonyl (C=O) groups excluding carboxylic acids is 1. The molecule has 26 heavy (non-hydrogen) atoms. The summed E-state index contributed by atoms with van der Waals surface area (Å²) in [5, 5.41) is 0. The van der Waals surface area contributed by atoms with Gasteiger partial charge in [-0.05, 0) is 30.5 Å². The molecule has 0 N–H and O–H groups in total. The van der Waals surface area contributed by atoms with Gasteiger partial charge in [0.2, 0.25) is 10.0 Å². The standard InChI is InChI=1S/C19H22N2O4S/c1-14-18(13-17(20(14)2)19(22)25-3)26(23,24)21-11-9-16(10-12-21)15-7-5-4-6-8-15/h4-9,13H,10-12H2,1-3H3. The lowest BCUT2D eigenvalue weighted by atomic mass is 10.0. The zero-order valence-electron chi connectivity index (χ0n) is 15.1. The Balaban J connectivity index is 1.89. The highest BCUT2D eigenvalue weighted by atomic mass is 32.2. The Hall–Kier alpha value is -2.38. The topological polar surface area (TPSA) is 68.6 Å². The minimum atomic E-state index is -3.68. The smallest absolute Gasteiger partial charge is 0.354 e. The van der Waals surface area contributed by atoms with E-state index in [4.69, 9.17) is 4.74 Å². The Labute approximate surface area is 153 Å². The zero-order valence-corrected chi connectivity index (χ0v) is 15.9. The van der Waals surface area contributed by atoms with Gasteiger partial charge in [-0.15, -0.1) is 0 Å². The first-order chi connectivity index (χ1) is 12.4. The van der Waals surface area contributed by atoms with E-state index in [1.54, 1.807) is 18.5 Å². The number of esters is 1. The third kappa shape index (κ3) is 3.20. The van der Waals surface area contributed by atoms with Crippen LogP contribution in [0.5, 0.6) is 0 Å². The number of aromatic nitrogens is 1. The summed E-state index contributed by atoms with van der Waals surface area (Å²) < 4.78 is 33.8. The first-order valence-corrected chi connectivity index (χ1v) is 9.79. The minimum absolute atomic E-state index is 0.150. The van der Waals surface area contributed by atoms with Gasteiger partial charge < -0.3 is 9.30 Å². The molecule has 0 atom stereocenters. The average Bonchev–Trinajstić information content (AvgIpc) is 2.98. The molecule has 6 nitrogen and oxygen atoms in total. The van der Waals surface area contributed by atoms with Gasteiger partial charge in [-0.3, -0.25) is 0 Å². The summed E-state index contributed by atoms with van der Waals surface area (Å²) in [4.78, 5) is 12.0. The molecule has 0 saturated heterocycles. The van der Waals surface area contributed by atoms with Crippen LogP contribution in [0.25, 0.3) is 5.57 Å². The van der Waals surface area contributed by atoms with E-state index in [0.717, 1.165) is 11.1 Å². The highest BCUT2D eigenvalue weighted by Gasteiger charge is 2.31. The molecule has 0 saturated carbocycles. The van der Waals surface area contributed by atoms with Crippen LogP contribution in [-0.2, 0) is 21.8 Å². The van der Waals surface area contributed by atoms with Crippen LogP contribution in [0.4, 0.5) is 0 Å². The van der Waals surface area contributed by atoms with E-state index in [-0.39, 0.29) is 10.6 Å². The van der Waals surface area contributed by atoms with Crippen molar-refractivity contribution in [1.82, 2.24) is 8.87 Å². The monoisotopic (exact) mass is 374 g/mol. The van der Waals surface area contributed by atoms with Crippen molar-refractivity contribution in [3.8, 4) is 0 Å². The lowest BCUT2D eigenvalue weighted by molar-refractivity contribution is 0.0589. The number of ether oxygens (including phenoxy) is 1. The van der Waals surface area contributed by atoms with Crippen molar-refractivity contribution in [2.45, 2.75) is 18.2 Å². The van der Waals surface area contributed by atoms with Gasteiger partial charge in [0, 0.05) is 25.8 Å². The van der Waals surface area contributed by atoms with Crippen molar-refractivity contribution in [2.75, 3.05) is 20.2 Å². The summed E-state index contributed by atoms with van der Waals surface area (Å²) in [6.07, 6.45) is 2.61. The molecule has 0 bridgehead atoms. The first kappa shape index (κ1) is 18.4. The van der Waals surface area contributed by atoms with E-state index in [0.29, 0.717) is 25.2 Å². The second kappa shape index (κ2) is 7.09. The predicted molar refractivity (Wildman–Crippen MR) is 99.3 cm³/mol. The Morgan fingerprint density at radius 2 is 1.88 bits per heavy atom. The van der Waals surface area contributed by atoms with Crippen LogP contribution in [-0.4, -0.2) is 43.5 Å². The normalized spacial score (nSPS) is 15.6. The summed E-state index contributed by atoms with van der Waals surface area (Å²) in [5.41, 5.74) is 3.01. The van der Waals surface area contributed by atoms with Crippen LogP contribution >= 0.6 is 0 Å². The lowest BCUT2D eigenvalue weighted by Crippen LogP contribution is -2.34. The third-order valence-electron chi connectivity index (χ3n) is 4.82. The molecule has 1 aliphatic heterocycles. The molecule has 0 amide bonds. The number of hydrogen-bond acceptors (Lipinski definition) is 4. The van der Waals surface area contributed by atoms with Crippen LogP contribution in [0.1, 0.15) is 28.2 Å². The third-order valence-corrected chi connectivity index (χ3v) is 6.80. The molecule has 1 aromatic carbocycles. The molecule has 1 aromatic heterocycles. The Bertz CT molecular complexity index is 959. The van der Waals surface area contributed by atoms with Crippen LogP contribution in [0.2, 0.25) is 0 Å². The van der Waals surface area contributed by atoms with E-state index < -0.39 is 16.0 Å². The Kier molecular flexibility index (Phi) is 5.02. The molecule has 7 heteroatoms. The van der Waals surface area contributed by atoms with Gasteiger partial charge in [-0.2, -0.15) is 4.31 Å². The molecular formula is C19H22N2O4S. The Morgan fingerprint density at radius 3 is 2.46 bits per heavy atom. The van der Waals surface area contributed by atoms with Crippen LogP contribution in [0.15, 0.2) is 47.4 Å². The number of carbonyl (C=O) groups is 1. The van der Waals surface area contributed by atoms with Gasteiger partial charge >= 0.3 is 5.97 Å². The van der Waals surface area contributed by atoms with E-state index >= 15 is 0 Å². The van der Waals surface area contributed by atoms with Gasteiger partial charge in [-0.1, -0.05) is 36.4 Å². The molecule has 1 aliphatic rings. The fourth-order valence-electron chi connectivity index (χ4n) is 3.16. The molecule has 0 spiro atoms. The number of sulfonamides is 1.